The average molecular weight is 269 g/mol. The number of fused-ring (bicyclic) bond motifs is 1. The number of para-hydroxylation sites is 1. The van der Waals surface area contributed by atoms with Gasteiger partial charge in [0.05, 0.1) is 11.0 Å². The van der Waals surface area contributed by atoms with Gasteiger partial charge < -0.3 is 4.57 Å². The molecule has 0 atom stereocenters. The lowest BCUT2D eigenvalue weighted by Crippen LogP contribution is -2.06. The van der Waals surface area contributed by atoms with Gasteiger partial charge in [-0.05, 0) is 24.8 Å². The first-order valence-electron chi connectivity index (χ1n) is 5.77. The molecular formula is C13H17ClN2S. The SMILES string of the molecule is CSCCn1c(CCCl)nc2c(C)cccc21. The van der Waals surface area contributed by atoms with Crippen molar-refractivity contribution >= 4 is 34.4 Å². The number of halogens is 1. The molecule has 0 radical (unpaired) electrons. The first-order chi connectivity index (χ1) is 8.27. The van der Waals surface area contributed by atoms with Gasteiger partial charge in [-0.25, -0.2) is 4.98 Å². The zero-order chi connectivity index (χ0) is 12.3. The molecule has 17 heavy (non-hydrogen) atoms. The number of hydrogen-bond donors (Lipinski definition) is 0. The molecule has 0 aliphatic heterocycles. The van der Waals surface area contributed by atoms with Crippen LogP contribution in [0.1, 0.15) is 11.4 Å². The highest BCUT2D eigenvalue weighted by atomic mass is 35.5. The maximum absolute atomic E-state index is 5.85. The van der Waals surface area contributed by atoms with E-state index in [0.717, 1.165) is 30.1 Å². The molecule has 0 fully saturated rings. The van der Waals surface area contributed by atoms with Gasteiger partial charge in [-0.1, -0.05) is 12.1 Å². The average Bonchev–Trinajstić information content (AvgIpc) is 2.67. The summed E-state index contributed by atoms with van der Waals surface area (Å²) >= 11 is 7.71. The molecule has 92 valence electrons. The summed E-state index contributed by atoms with van der Waals surface area (Å²) in [5, 5.41) is 0. The van der Waals surface area contributed by atoms with Gasteiger partial charge in [0.15, 0.2) is 0 Å². The van der Waals surface area contributed by atoms with E-state index in [0.29, 0.717) is 5.88 Å². The molecule has 2 aromatic rings. The third kappa shape index (κ3) is 2.61. The van der Waals surface area contributed by atoms with E-state index in [1.54, 1.807) is 0 Å². The zero-order valence-electron chi connectivity index (χ0n) is 10.2. The van der Waals surface area contributed by atoms with Crippen molar-refractivity contribution in [1.29, 1.82) is 0 Å². The van der Waals surface area contributed by atoms with Crippen LogP contribution in [0.3, 0.4) is 0 Å². The fraction of sp³-hybridized carbons (Fsp3) is 0.462. The van der Waals surface area contributed by atoms with Crippen LogP contribution >= 0.6 is 23.4 Å². The molecule has 0 aliphatic carbocycles. The largest absolute Gasteiger partial charge is 0.327 e. The highest BCUT2D eigenvalue weighted by Crippen LogP contribution is 2.20. The van der Waals surface area contributed by atoms with Crippen LogP contribution in [0.4, 0.5) is 0 Å². The molecule has 0 aliphatic rings. The highest BCUT2D eigenvalue weighted by Gasteiger charge is 2.10. The van der Waals surface area contributed by atoms with E-state index in [1.807, 2.05) is 11.8 Å². The van der Waals surface area contributed by atoms with Crippen molar-refractivity contribution in [2.24, 2.45) is 0 Å². The number of alkyl halides is 1. The maximum atomic E-state index is 5.85. The monoisotopic (exact) mass is 268 g/mol. The number of rotatable bonds is 5. The van der Waals surface area contributed by atoms with Crippen molar-refractivity contribution in [3.05, 3.63) is 29.6 Å². The molecule has 0 bridgehead atoms. The van der Waals surface area contributed by atoms with Gasteiger partial charge >= 0.3 is 0 Å². The molecule has 0 unspecified atom stereocenters. The van der Waals surface area contributed by atoms with Gasteiger partial charge in [0.2, 0.25) is 0 Å². The number of thioether (sulfide) groups is 1. The summed E-state index contributed by atoms with van der Waals surface area (Å²) in [5.41, 5.74) is 3.59. The molecule has 0 amide bonds. The van der Waals surface area contributed by atoms with Crippen molar-refractivity contribution in [2.45, 2.75) is 19.9 Å². The zero-order valence-corrected chi connectivity index (χ0v) is 11.8. The molecule has 0 spiro atoms. The fourth-order valence-corrected chi connectivity index (χ4v) is 2.58. The second-order valence-electron chi connectivity index (χ2n) is 4.05. The van der Waals surface area contributed by atoms with Gasteiger partial charge in [-0.2, -0.15) is 11.8 Å². The number of benzene rings is 1. The molecule has 4 heteroatoms. The van der Waals surface area contributed by atoms with Crippen LogP contribution in [0.15, 0.2) is 18.2 Å². The Kier molecular flexibility index (Phi) is 4.35. The van der Waals surface area contributed by atoms with E-state index in [9.17, 15) is 0 Å². The van der Waals surface area contributed by atoms with Crippen LogP contribution in [0.25, 0.3) is 11.0 Å². The Bertz CT molecular complexity index is 507. The second kappa shape index (κ2) is 5.78. The molecule has 0 saturated heterocycles. The van der Waals surface area contributed by atoms with E-state index in [1.165, 1.54) is 11.1 Å². The number of nitrogens with zero attached hydrogens (tertiary/aromatic N) is 2. The van der Waals surface area contributed by atoms with Crippen LogP contribution in [0.5, 0.6) is 0 Å². The standard InChI is InChI=1S/C13H17ClN2S/c1-10-4-3-5-11-13(10)15-12(6-7-14)16(11)8-9-17-2/h3-5H,6-9H2,1-2H3. The summed E-state index contributed by atoms with van der Waals surface area (Å²) < 4.78 is 2.31. The first kappa shape index (κ1) is 12.8. The van der Waals surface area contributed by atoms with Crippen LogP contribution in [-0.2, 0) is 13.0 Å². The smallest absolute Gasteiger partial charge is 0.111 e. The quantitative estimate of drug-likeness (QED) is 0.773. The summed E-state index contributed by atoms with van der Waals surface area (Å²) in [6.45, 7) is 3.12. The molecule has 1 aromatic heterocycles. The Morgan fingerprint density at radius 3 is 2.94 bits per heavy atom. The Hall–Kier alpha value is -0.670. The normalized spacial score (nSPS) is 11.2. The highest BCUT2D eigenvalue weighted by molar-refractivity contribution is 7.98. The third-order valence-corrected chi connectivity index (χ3v) is 3.68. The van der Waals surface area contributed by atoms with Crippen LogP contribution in [0.2, 0.25) is 0 Å². The lowest BCUT2D eigenvalue weighted by molar-refractivity contribution is 0.734. The van der Waals surface area contributed by atoms with E-state index < -0.39 is 0 Å². The third-order valence-electron chi connectivity index (χ3n) is 2.90. The van der Waals surface area contributed by atoms with E-state index in [-0.39, 0.29) is 0 Å². The van der Waals surface area contributed by atoms with Crippen molar-refractivity contribution < 1.29 is 0 Å². The van der Waals surface area contributed by atoms with Crippen LogP contribution < -0.4 is 0 Å². The summed E-state index contributed by atoms with van der Waals surface area (Å²) in [5.74, 6) is 2.84. The Labute approximate surface area is 111 Å². The number of imidazole rings is 1. The van der Waals surface area contributed by atoms with E-state index in [4.69, 9.17) is 16.6 Å². The minimum atomic E-state index is 0.627. The minimum Gasteiger partial charge on any atom is -0.327 e. The summed E-state index contributed by atoms with van der Waals surface area (Å²) in [6, 6.07) is 6.35. The predicted molar refractivity (Wildman–Crippen MR) is 77.3 cm³/mol. The summed E-state index contributed by atoms with van der Waals surface area (Å²) in [6.07, 6.45) is 2.97. The molecule has 1 heterocycles. The number of aromatic nitrogens is 2. The molecule has 0 N–H and O–H groups in total. The number of aryl methyl sites for hydroxylation is 3. The van der Waals surface area contributed by atoms with Crippen molar-refractivity contribution in [2.75, 3.05) is 17.9 Å². The van der Waals surface area contributed by atoms with Crippen LogP contribution in [-0.4, -0.2) is 27.4 Å². The summed E-state index contributed by atoms with van der Waals surface area (Å²) in [4.78, 5) is 4.72. The second-order valence-corrected chi connectivity index (χ2v) is 5.42. The van der Waals surface area contributed by atoms with E-state index >= 15 is 0 Å². The van der Waals surface area contributed by atoms with Crippen molar-refractivity contribution in [3.8, 4) is 0 Å². The Morgan fingerprint density at radius 1 is 1.41 bits per heavy atom. The first-order valence-corrected chi connectivity index (χ1v) is 7.70. The van der Waals surface area contributed by atoms with Crippen molar-refractivity contribution in [3.63, 3.8) is 0 Å². The molecule has 0 saturated carbocycles. The number of hydrogen-bond acceptors (Lipinski definition) is 2. The van der Waals surface area contributed by atoms with E-state index in [2.05, 4.69) is 35.9 Å². The predicted octanol–water partition coefficient (Wildman–Crippen LogP) is 3.49. The fourth-order valence-electron chi connectivity index (χ4n) is 2.04. The summed E-state index contributed by atoms with van der Waals surface area (Å²) in [7, 11) is 0. The van der Waals surface area contributed by atoms with Crippen molar-refractivity contribution in [1.82, 2.24) is 9.55 Å². The lowest BCUT2D eigenvalue weighted by atomic mass is 10.2. The topological polar surface area (TPSA) is 17.8 Å². The van der Waals surface area contributed by atoms with Gasteiger partial charge in [0.25, 0.3) is 0 Å². The Morgan fingerprint density at radius 2 is 2.24 bits per heavy atom. The lowest BCUT2D eigenvalue weighted by Gasteiger charge is -2.07. The Balaban J connectivity index is 2.50. The molecule has 2 nitrogen and oxygen atoms in total. The maximum Gasteiger partial charge on any atom is 0.111 e. The minimum absolute atomic E-state index is 0.627. The molecule has 1 aromatic carbocycles. The molecule has 2 rings (SSSR count). The van der Waals surface area contributed by atoms with Gasteiger partial charge in [0.1, 0.15) is 5.82 Å². The van der Waals surface area contributed by atoms with Gasteiger partial charge in [0, 0.05) is 24.6 Å². The molecular weight excluding hydrogens is 252 g/mol. The van der Waals surface area contributed by atoms with Crippen LogP contribution in [0, 0.1) is 6.92 Å². The van der Waals surface area contributed by atoms with Gasteiger partial charge in [-0.3, -0.25) is 0 Å². The van der Waals surface area contributed by atoms with Gasteiger partial charge in [-0.15, -0.1) is 11.6 Å².